The van der Waals surface area contributed by atoms with Crippen LogP contribution in [0.15, 0.2) is 12.1 Å². The number of aliphatic hydroxyl groups is 1. The van der Waals surface area contributed by atoms with E-state index in [1.54, 1.807) is 7.11 Å². The third kappa shape index (κ3) is 2.41. The van der Waals surface area contributed by atoms with Crippen molar-refractivity contribution in [3.63, 3.8) is 0 Å². The van der Waals surface area contributed by atoms with Gasteiger partial charge in [0.1, 0.15) is 5.75 Å². The van der Waals surface area contributed by atoms with E-state index in [0.29, 0.717) is 11.8 Å². The summed E-state index contributed by atoms with van der Waals surface area (Å²) < 4.78 is 5.72. The van der Waals surface area contributed by atoms with Gasteiger partial charge in [0.15, 0.2) is 0 Å². The fourth-order valence-corrected chi connectivity index (χ4v) is 5.36. The zero-order valence-corrected chi connectivity index (χ0v) is 15.6. The third-order valence-electron chi connectivity index (χ3n) is 6.86. The molecule has 2 aliphatic rings. The highest BCUT2D eigenvalue weighted by molar-refractivity contribution is 5.49. The van der Waals surface area contributed by atoms with Gasteiger partial charge in [-0.05, 0) is 71.1 Å². The topological polar surface area (TPSA) is 29.5 Å². The Balaban J connectivity index is 2.13. The molecule has 1 fully saturated rings. The Bertz CT molecular complexity index is 602. The molecule has 2 heteroatoms. The molecule has 0 spiro atoms. The Morgan fingerprint density at radius 3 is 2.48 bits per heavy atom. The van der Waals surface area contributed by atoms with Crippen LogP contribution in [0.4, 0.5) is 0 Å². The maximum atomic E-state index is 10.5. The van der Waals surface area contributed by atoms with Crippen molar-refractivity contribution in [3.05, 3.63) is 28.8 Å². The largest absolute Gasteiger partial charge is 0.496 e. The van der Waals surface area contributed by atoms with Gasteiger partial charge in [0.2, 0.25) is 0 Å². The van der Waals surface area contributed by atoms with Crippen LogP contribution in [0, 0.1) is 11.3 Å². The summed E-state index contributed by atoms with van der Waals surface area (Å²) in [5, 5.41) is 10.5. The summed E-state index contributed by atoms with van der Waals surface area (Å²) in [5.74, 6) is 2.04. The molecule has 2 aliphatic carbocycles. The lowest BCUT2D eigenvalue weighted by atomic mass is 9.49. The summed E-state index contributed by atoms with van der Waals surface area (Å²) in [6, 6.07) is 4.70. The molecule has 3 atom stereocenters. The van der Waals surface area contributed by atoms with Crippen LogP contribution in [0.3, 0.4) is 0 Å². The summed E-state index contributed by atoms with van der Waals surface area (Å²) in [7, 11) is 1.78. The summed E-state index contributed by atoms with van der Waals surface area (Å²) in [6.07, 6.45) is 4.08. The highest BCUT2D eigenvalue weighted by Crippen LogP contribution is 2.57. The van der Waals surface area contributed by atoms with Crippen LogP contribution in [0.25, 0.3) is 0 Å². The Hall–Kier alpha value is -1.02. The lowest BCUT2D eigenvalue weighted by Crippen LogP contribution is -2.53. The molecule has 2 nitrogen and oxygen atoms in total. The monoisotopic (exact) mass is 316 g/mol. The van der Waals surface area contributed by atoms with Crippen LogP contribution < -0.4 is 4.74 Å². The number of benzene rings is 1. The molecule has 1 aromatic rings. The average molecular weight is 316 g/mol. The summed E-state index contributed by atoms with van der Waals surface area (Å²) in [5.41, 5.74) is 4.42. The Morgan fingerprint density at radius 1 is 1.17 bits per heavy atom. The van der Waals surface area contributed by atoms with E-state index in [-0.39, 0.29) is 16.9 Å². The quantitative estimate of drug-likeness (QED) is 0.847. The van der Waals surface area contributed by atoms with E-state index in [4.69, 9.17) is 4.74 Å². The lowest BCUT2D eigenvalue weighted by Gasteiger charge is -2.56. The number of aryl methyl sites for hydroxylation is 1. The van der Waals surface area contributed by atoms with Crippen molar-refractivity contribution in [1.29, 1.82) is 0 Å². The van der Waals surface area contributed by atoms with Crippen molar-refractivity contribution in [2.75, 3.05) is 7.11 Å². The van der Waals surface area contributed by atoms with Gasteiger partial charge < -0.3 is 9.84 Å². The van der Waals surface area contributed by atoms with Crippen molar-refractivity contribution >= 4 is 0 Å². The zero-order valence-electron chi connectivity index (χ0n) is 15.6. The molecule has 23 heavy (non-hydrogen) atoms. The van der Waals surface area contributed by atoms with Crippen LogP contribution in [0.2, 0.25) is 0 Å². The molecule has 0 amide bonds. The molecule has 1 N–H and O–H groups in total. The predicted octanol–water partition coefficient (Wildman–Crippen LogP) is 4.82. The molecule has 0 saturated heterocycles. The maximum absolute atomic E-state index is 10.5. The average Bonchev–Trinajstić information content (AvgIpc) is 2.50. The van der Waals surface area contributed by atoms with Gasteiger partial charge in [0, 0.05) is 0 Å². The molecule has 0 radical (unpaired) electrons. The Morgan fingerprint density at radius 2 is 1.87 bits per heavy atom. The fraction of sp³-hybridized carbons (Fsp3) is 0.714. The number of hydrogen-bond acceptors (Lipinski definition) is 2. The van der Waals surface area contributed by atoms with Gasteiger partial charge in [-0.15, -0.1) is 0 Å². The van der Waals surface area contributed by atoms with Crippen LogP contribution >= 0.6 is 0 Å². The molecule has 0 aromatic heterocycles. The van der Waals surface area contributed by atoms with E-state index in [1.165, 1.54) is 23.1 Å². The normalized spacial score (nSPS) is 32.3. The first-order valence-corrected chi connectivity index (χ1v) is 9.11. The molecule has 0 aliphatic heterocycles. The molecule has 0 heterocycles. The molecule has 128 valence electrons. The van der Waals surface area contributed by atoms with Gasteiger partial charge in [0.25, 0.3) is 0 Å². The van der Waals surface area contributed by atoms with Gasteiger partial charge in [0.05, 0.1) is 13.2 Å². The van der Waals surface area contributed by atoms with Crippen LogP contribution in [-0.4, -0.2) is 18.3 Å². The van der Waals surface area contributed by atoms with Gasteiger partial charge in [-0.1, -0.05) is 40.7 Å². The first-order chi connectivity index (χ1) is 10.7. The SMILES string of the molecule is COc1cc2c(cc1C(C)C)CC[C@H]1C(C)(C)[C@@H](O)CC[C@]21C. The smallest absolute Gasteiger partial charge is 0.122 e. The van der Waals surface area contributed by atoms with Gasteiger partial charge >= 0.3 is 0 Å². The minimum absolute atomic E-state index is 0.0192. The van der Waals surface area contributed by atoms with Crippen LogP contribution in [-0.2, 0) is 11.8 Å². The van der Waals surface area contributed by atoms with Gasteiger partial charge in [-0.2, -0.15) is 0 Å². The highest BCUT2D eigenvalue weighted by atomic mass is 16.5. The number of fused-ring (bicyclic) bond motifs is 3. The van der Waals surface area contributed by atoms with Crippen LogP contribution in [0.1, 0.15) is 76.5 Å². The van der Waals surface area contributed by atoms with E-state index < -0.39 is 0 Å². The number of methoxy groups -OCH3 is 1. The molecular weight excluding hydrogens is 284 g/mol. The standard InChI is InChI=1S/C21H32O2/c1-13(2)15-11-14-7-8-18-20(3,4)19(22)9-10-21(18,5)16(14)12-17(15)23-6/h11-13,18-19,22H,7-10H2,1-6H3/t18-,19-,21+/m0/s1. The Labute approximate surface area is 141 Å². The first kappa shape index (κ1) is 16.8. The minimum Gasteiger partial charge on any atom is -0.496 e. The Kier molecular flexibility index (Phi) is 4.03. The van der Waals surface area contributed by atoms with E-state index >= 15 is 0 Å². The van der Waals surface area contributed by atoms with Crippen molar-refractivity contribution < 1.29 is 9.84 Å². The summed E-state index contributed by atoms with van der Waals surface area (Å²) >= 11 is 0. The number of ether oxygens (including phenoxy) is 1. The number of aliphatic hydroxyl groups excluding tert-OH is 1. The second kappa shape index (κ2) is 5.51. The van der Waals surface area contributed by atoms with Crippen molar-refractivity contribution in [2.45, 2.75) is 77.7 Å². The molecular formula is C21H32O2. The first-order valence-electron chi connectivity index (χ1n) is 9.11. The second-order valence-corrected chi connectivity index (χ2v) is 8.79. The van der Waals surface area contributed by atoms with Crippen molar-refractivity contribution in [3.8, 4) is 5.75 Å². The zero-order chi connectivity index (χ0) is 17.0. The second-order valence-electron chi connectivity index (χ2n) is 8.79. The summed E-state index contributed by atoms with van der Waals surface area (Å²) in [6.45, 7) is 11.4. The maximum Gasteiger partial charge on any atom is 0.122 e. The van der Waals surface area contributed by atoms with Gasteiger partial charge in [-0.25, -0.2) is 0 Å². The van der Waals surface area contributed by atoms with Crippen molar-refractivity contribution in [1.82, 2.24) is 0 Å². The van der Waals surface area contributed by atoms with Crippen LogP contribution in [0.5, 0.6) is 5.75 Å². The third-order valence-corrected chi connectivity index (χ3v) is 6.86. The highest BCUT2D eigenvalue weighted by Gasteiger charge is 2.53. The van der Waals surface area contributed by atoms with E-state index in [1.807, 2.05) is 0 Å². The molecule has 1 saturated carbocycles. The van der Waals surface area contributed by atoms with Crippen molar-refractivity contribution in [2.24, 2.45) is 11.3 Å². The molecule has 0 unspecified atom stereocenters. The molecule has 0 bridgehead atoms. The van der Waals surface area contributed by atoms with E-state index in [0.717, 1.165) is 25.0 Å². The number of hydrogen-bond donors (Lipinski definition) is 1. The lowest BCUT2D eigenvalue weighted by molar-refractivity contribution is -0.0731. The number of rotatable bonds is 2. The minimum atomic E-state index is -0.182. The molecule has 3 rings (SSSR count). The predicted molar refractivity (Wildman–Crippen MR) is 95.3 cm³/mol. The fourth-order valence-electron chi connectivity index (χ4n) is 5.36. The summed E-state index contributed by atoms with van der Waals surface area (Å²) in [4.78, 5) is 0. The van der Waals surface area contributed by atoms with Gasteiger partial charge in [-0.3, -0.25) is 0 Å². The van der Waals surface area contributed by atoms with E-state index in [9.17, 15) is 5.11 Å². The molecule has 1 aromatic carbocycles. The van der Waals surface area contributed by atoms with E-state index in [2.05, 4.69) is 46.8 Å².